The van der Waals surface area contributed by atoms with Crippen LogP contribution in [0.1, 0.15) is 0 Å². The quantitative estimate of drug-likeness (QED) is 0.604. The van der Waals surface area contributed by atoms with Gasteiger partial charge >= 0.3 is 5.82 Å². The Bertz CT molecular complexity index is 417. The molecule has 0 aliphatic heterocycles. The van der Waals surface area contributed by atoms with Gasteiger partial charge in [-0.2, -0.15) is 0 Å². The van der Waals surface area contributed by atoms with Crippen LogP contribution in [0.25, 0.3) is 0 Å². The molecule has 0 aliphatic carbocycles. The van der Waals surface area contributed by atoms with Crippen molar-refractivity contribution in [3.8, 4) is 0 Å². The Kier molecular flexibility index (Phi) is 5.13. The van der Waals surface area contributed by atoms with Crippen LogP contribution >= 0.6 is 0 Å². The average Bonchev–Trinajstić information content (AvgIpc) is 2.34. The van der Waals surface area contributed by atoms with E-state index < -0.39 is 4.92 Å². The zero-order valence-electron chi connectivity index (χ0n) is 10.6. The minimum Gasteiger partial charge on any atom is -0.358 e. The molecule has 1 aromatic carbocycles. The summed E-state index contributed by atoms with van der Waals surface area (Å²) in [5.41, 5.74) is 6.25. The summed E-state index contributed by atoms with van der Waals surface area (Å²) >= 11 is 0. The second-order valence-electron chi connectivity index (χ2n) is 4.14. The van der Waals surface area contributed by atoms with Crippen molar-refractivity contribution in [3.05, 3.63) is 52.5 Å². The number of hydrogen-bond donors (Lipinski definition) is 1. The first-order chi connectivity index (χ1) is 8.50. The molecule has 0 heterocycles. The van der Waals surface area contributed by atoms with E-state index in [-0.39, 0.29) is 5.82 Å². The molecule has 0 saturated carbocycles. The Morgan fingerprint density at radius 2 is 1.94 bits per heavy atom. The monoisotopic (exact) mass is 250 g/mol. The first-order valence-corrected chi connectivity index (χ1v) is 5.59. The molecule has 0 fully saturated rings. The van der Waals surface area contributed by atoms with Gasteiger partial charge < -0.3 is 19.9 Å². The average molecular weight is 250 g/mol. The van der Waals surface area contributed by atoms with Gasteiger partial charge in [-0.3, -0.25) is 5.73 Å². The van der Waals surface area contributed by atoms with E-state index in [0.717, 1.165) is 12.2 Å². The zero-order valence-corrected chi connectivity index (χ0v) is 10.6. The molecule has 0 radical (unpaired) electrons. The summed E-state index contributed by atoms with van der Waals surface area (Å²) in [7, 11) is 3.90. The molecule has 0 bridgehead atoms. The van der Waals surface area contributed by atoms with Crippen molar-refractivity contribution in [3.63, 3.8) is 0 Å². The van der Waals surface area contributed by atoms with E-state index in [1.165, 1.54) is 6.20 Å². The second kappa shape index (κ2) is 6.61. The number of hydrogen-bond acceptors (Lipinski definition) is 5. The number of benzene rings is 1. The third-order valence-electron chi connectivity index (χ3n) is 2.37. The topological polar surface area (TPSA) is 75.6 Å². The van der Waals surface area contributed by atoms with Crippen molar-refractivity contribution in [2.24, 2.45) is 5.73 Å². The van der Waals surface area contributed by atoms with E-state index in [0.29, 0.717) is 6.54 Å². The Morgan fingerprint density at radius 1 is 1.33 bits per heavy atom. The maximum Gasteiger partial charge on any atom is 0.330 e. The largest absolute Gasteiger partial charge is 0.358 e. The maximum absolute atomic E-state index is 10.6. The number of rotatable bonds is 6. The molecule has 1 aromatic rings. The summed E-state index contributed by atoms with van der Waals surface area (Å²) in [5.74, 6) is -0.363. The normalized spacial score (nSPS) is 11.6. The van der Waals surface area contributed by atoms with E-state index in [4.69, 9.17) is 5.73 Å². The van der Waals surface area contributed by atoms with Gasteiger partial charge in [-0.25, -0.2) is 0 Å². The van der Waals surface area contributed by atoms with Gasteiger partial charge in [0.15, 0.2) is 0 Å². The third-order valence-corrected chi connectivity index (χ3v) is 2.37. The molecular formula is C12H18N4O2. The standard InChI is InChI=1S/C12H18N4O2/c1-14(2)8-9-15(10-12(13)16(17)18)11-6-4-3-5-7-11/h3-7,10H,8-9,13H2,1-2H3. The molecule has 1 rings (SSSR count). The Labute approximate surface area is 106 Å². The minimum absolute atomic E-state index is 0.363. The van der Waals surface area contributed by atoms with Gasteiger partial charge in [0.05, 0.1) is 6.20 Å². The molecule has 98 valence electrons. The molecule has 0 spiro atoms. The summed E-state index contributed by atoms with van der Waals surface area (Å²) in [6.45, 7) is 1.40. The SMILES string of the molecule is CN(C)CCN(C=C(N)[N+](=O)[O-])c1ccccc1. The first kappa shape index (κ1) is 14.0. The fourth-order valence-corrected chi connectivity index (χ4v) is 1.40. The molecule has 6 heteroatoms. The number of anilines is 1. The van der Waals surface area contributed by atoms with Gasteiger partial charge in [-0.05, 0) is 31.2 Å². The highest BCUT2D eigenvalue weighted by Gasteiger charge is 2.08. The summed E-state index contributed by atoms with van der Waals surface area (Å²) in [4.78, 5) is 13.8. The lowest BCUT2D eigenvalue weighted by Gasteiger charge is -2.22. The summed E-state index contributed by atoms with van der Waals surface area (Å²) in [5, 5.41) is 10.6. The van der Waals surface area contributed by atoms with E-state index in [9.17, 15) is 10.1 Å². The molecular weight excluding hydrogens is 232 g/mol. The highest BCUT2D eigenvalue weighted by Crippen LogP contribution is 2.14. The van der Waals surface area contributed by atoms with Gasteiger partial charge in [-0.1, -0.05) is 18.2 Å². The van der Waals surface area contributed by atoms with E-state index in [2.05, 4.69) is 0 Å². The van der Waals surface area contributed by atoms with Crippen LogP contribution in [0.3, 0.4) is 0 Å². The van der Waals surface area contributed by atoms with Crippen LogP contribution in [-0.2, 0) is 0 Å². The highest BCUT2D eigenvalue weighted by molar-refractivity contribution is 5.49. The molecule has 6 nitrogen and oxygen atoms in total. The van der Waals surface area contributed by atoms with Gasteiger partial charge in [0, 0.05) is 18.8 Å². The lowest BCUT2D eigenvalue weighted by Crippen LogP contribution is -2.29. The number of likely N-dealkylation sites (N-methyl/N-ethyl adjacent to an activating group) is 1. The molecule has 0 atom stereocenters. The smallest absolute Gasteiger partial charge is 0.330 e. The molecule has 2 N–H and O–H groups in total. The Hall–Kier alpha value is -2.08. The lowest BCUT2D eigenvalue weighted by atomic mass is 10.3. The predicted octanol–water partition coefficient (Wildman–Crippen LogP) is 1.09. The third kappa shape index (κ3) is 4.42. The number of para-hydroxylation sites is 1. The number of nitrogens with zero attached hydrogens (tertiary/aromatic N) is 3. The van der Waals surface area contributed by atoms with Crippen LogP contribution < -0.4 is 10.6 Å². The molecule has 0 saturated heterocycles. The van der Waals surface area contributed by atoms with Gasteiger partial charge in [0.2, 0.25) is 0 Å². The fourth-order valence-electron chi connectivity index (χ4n) is 1.40. The minimum atomic E-state index is -0.592. The van der Waals surface area contributed by atoms with Crippen LogP contribution in [0.2, 0.25) is 0 Å². The lowest BCUT2D eigenvalue weighted by molar-refractivity contribution is -0.426. The maximum atomic E-state index is 10.6. The molecule has 18 heavy (non-hydrogen) atoms. The van der Waals surface area contributed by atoms with Crippen molar-refractivity contribution in [1.29, 1.82) is 0 Å². The number of nitro groups is 1. The Morgan fingerprint density at radius 3 is 2.44 bits per heavy atom. The molecule has 0 amide bonds. The summed E-state index contributed by atoms with van der Waals surface area (Å²) in [6.07, 6.45) is 1.36. The predicted molar refractivity (Wildman–Crippen MR) is 71.6 cm³/mol. The van der Waals surface area contributed by atoms with Crippen molar-refractivity contribution in [1.82, 2.24) is 4.90 Å². The Balaban J connectivity index is 2.89. The fraction of sp³-hybridized carbons (Fsp3) is 0.333. The van der Waals surface area contributed by atoms with Gasteiger partial charge in [0.25, 0.3) is 0 Å². The van der Waals surface area contributed by atoms with E-state index in [1.54, 1.807) is 4.90 Å². The molecule has 0 aromatic heterocycles. The highest BCUT2D eigenvalue weighted by atomic mass is 16.6. The molecule has 0 unspecified atom stereocenters. The zero-order chi connectivity index (χ0) is 13.5. The van der Waals surface area contributed by atoms with Crippen LogP contribution in [0.15, 0.2) is 42.4 Å². The van der Waals surface area contributed by atoms with Gasteiger partial charge in [0.1, 0.15) is 0 Å². The summed E-state index contributed by atoms with van der Waals surface area (Å²) in [6, 6.07) is 9.44. The van der Waals surface area contributed by atoms with Crippen molar-refractivity contribution >= 4 is 5.69 Å². The van der Waals surface area contributed by atoms with Crippen LogP contribution in [0.4, 0.5) is 5.69 Å². The van der Waals surface area contributed by atoms with Crippen molar-refractivity contribution < 1.29 is 4.92 Å². The number of nitrogens with two attached hydrogens (primary N) is 1. The van der Waals surface area contributed by atoms with Crippen LogP contribution in [0, 0.1) is 10.1 Å². The van der Waals surface area contributed by atoms with Crippen LogP contribution in [-0.4, -0.2) is 37.0 Å². The van der Waals surface area contributed by atoms with Crippen LogP contribution in [0.5, 0.6) is 0 Å². The second-order valence-corrected chi connectivity index (χ2v) is 4.14. The van der Waals surface area contributed by atoms with Gasteiger partial charge in [-0.15, -0.1) is 0 Å². The summed E-state index contributed by atoms with van der Waals surface area (Å²) < 4.78 is 0. The first-order valence-electron chi connectivity index (χ1n) is 5.59. The molecule has 0 aliphatic rings. The van der Waals surface area contributed by atoms with Crippen molar-refractivity contribution in [2.45, 2.75) is 0 Å². The van der Waals surface area contributed by atoms with Crippen molar-refractivity contribution in [2.75, 3.05) is 32.1 Å². The van der Waals surface area contributed by atoms with E-state index in [1.807, 2.05) is 49.3 Å². The van der Waals surface area contributed by atoms with E-state index >= 15 is 0 Å².